The highest BCUT2D eigenvalue weighted by Gasteiger charge is 2.23. The van der Waals surface area contributed by atoms with Crippen LogP contribution in [0.4, 0.5) is 11.5 Å². The Morgan fingerprint density at radius 3 is 2.91 bits per heavy atom. The van der Waals surface area contributed by atoms with E-state index in [0.717, 1.165) is 30.5 Å². The largest absolute Gasteiger partial charge is 0.347 e. The predicted octanol–water partition coefficient (Wildman–Crippen LogP) is 3.97. The number of hydrogen-bond acceptors (Lipinski definition) is 3. The Hall–Kier alpha value is -2.33. The molecule has 2 aromatic carbocycles. The van der Waals surface area contributed by atoms with E-state index in [4.69, 9.17) is 11.6 Å². The lowest BCUT2D eigenvalue weighted by atomic mass is 9.97. The molecule has 5 heteroatoms. The van der Waals surface area contributed by atoms with Gasteiger partial charge >= 0.3 is 5.69 Å². The zero-order valence-electron chi connectivity index (χ0n) is 12.8. The van der Waals surface area contributed by atoms with E-state index in [1.807, 2.05) is 24.3 Å². The summed E-state index contributed by atoms with van der Waals surface area (Å²) in [4.78, 5) is 21.1. The van der Waals surface area contributed by atoms with Gasteiger partial charge in [0.25, 0.3) is 0 Å². The summed E-state index contributed by atoms with van der Waals surface area (Å²) in [5, 5.41) is 1.39. The maximum atomic E-state index is 12.0. The summed E-state index contributed by atoms with van der Waals surface area (Å²) < 4.78 is 0. The summed E-state index contributed by atoms with van der Waals surface area (Å²) >= 11 is 6.40. The number of nitrogens with zero attached hydrogens (tertiary/aromatic N) is 2. The molecule has 0 aliphatic carbocycles. The van der Waals surface area contributed by atoms with Gasteiger partial charge in [-0.15, -0.1) is 0 Å². The average molecular weight is 326 g/mol. The third kappa shape index (κ3) is 2.30. The van der Waals surface area contributed by atoms with E-state index in [2.05, 4.69) is 33.9 Å². The number of aromatic nitrogens is 2. The molecule has 0 bridgehead atoms. The molecule has 1 N–H and O–H groups in total. The Morgan fingerprint density at radius 1 is 1.22 bits per heavy atom. The van der Waals surface area contributed by atoms with Crippen molar-refractivity contribution in [1.82, 2.24) is 9.97 Å². The highest BCUT2D eigenvalue weighted by atomic mass is 35.5. The van der Waals surface area contributed by atoms with E-state index in [1.54, 1.807) is 0 Å². The lowest BCUT2D eigenvalue weighted by Crippen LogP contribution is -2.28. The number of H-pyrrole nitrogens is 1. The summed E-state index contributed by atoms with van der Waals surface area (Å²) in [6.07, 6.45) is 2.08. The molecule has 0 atom stereocenters. The summed E-state index contributed by atoms with van der Waals surface area (Å²) in [7, 11) is 0. The zero-order valence-corrected chi connectivity index (χ0v) is 13.5. The minimum absolute atomic E-state index is 0.352. The van der Waals surface area contributed by atoms with Crippen molar-refractivity contribution >= 4 is 34.0 Å². The van der Waals surface area contributed by atoms with Crippen LogP contribution in [0, 0.1) is 6.92 Å². The highest BCUT2D eigenvalue weighted by molar-refractivity contribution is 6.36. The number of aromatic amines is 1. The van der Waals surface area contributed by atoms with Crippen LogP contribution in [-0.2, 0) is 6.42 Å². The van der Waals surface area contributed by atoms with E-state index in [-0.39, 0.29) is 5.69 Å². The van der Waals surface area contributed by atoms with Crippen LogP contribution in [0.3, 0.4) is 0 Å². The number of halogens is 1. The Labute approximate surface area is 138 Å². The first-order valence-corrected chi connectivity index (χ1v) is 8.07. The molecule has 0 saturated heterocycles. The van der Waals surface area contributed by atoms with Gasteiger partial charge in [-0.25, -0.2) is 4.79 Å². The van der Waals surface area contributed by atoms with Gasteiger partial charge in [0.1, 0.15) is 5.82 Å². The van der Waals surface area contributed by atoms with Crippen LogP contribution in [0.25, 0.3) is 10.9 Å². The first-order valence-electron chi connectivity index (χ1n) is 7.70. The molecular weight excluding hydrogens is 310 g/mol. The van der Waals surface area contributed by atoms with Crippen LogP contribution in [0.1, 0.15) is 17.5 Å². The van der Waals surface area contributed by atoms with Gasteiger partial charge in [-0.3, -0.25) is 0 Å². The summed E-state index contributed by atoms with van der Waals surface area (Å²) in [5.41, 5.74) is 4.07. The minimum atomic E-state index is -0.352. The molecule has 1 aliphatic heterocycles. The molecule has 4 rings (SSSR count). The number of benzene rings is 2. The van der Waals surface area contributed by atoms with Crippen molar-refractivity contribution in [3.8, 4) is 0 Å². The first kappa shape index (κ1) is 14.3. The number of anilines is 2. The molecule has 1 aliphatic rings. The van der Waals surface area contributed by atoms with Crippen LogP contribution in [0.2, 0.25) is 5.02 Å². The molecule has 2 heterocycles. The van der Waals surface area contributed by atoms with Crippen LogP contribution in [-0.4, -0.2) is 16.5 Å². The van der Waals surface area contributed by atoms with Crippen molar-refractivity contribution in [3.63, 3.8) is 0 Å². The quantitative estimate of drug-likeness (QED) is 0.736. The van der Waals surface area contributed by atoms with Gasteiger partial charge in [-0.05, 0) is 49.1 Å². The Morgan fingerprint density at radius 2 is 2.04 bits per heavy atom. The van der Waals surface area contributed by atoms with E-state index in [9.17, 15) is 4.79 Å². The van der Waals surface area contributed by atoms with Crippen LogP contribution in [0.15, 0.2) is 41.2 Å². The fourth-order valence-electron chi connectivity index (χ4n) is 3.37. The van der Waals surface area contributed by atoms with Crippen molar-refractivity contribution in [3.05, 3.63) is 63.0 Å². The molecule has 23 heavy (non-hydrogen) atoms. The van der Waals surface area contributed by atoms with Crippen LogP contribution < -0.4 is 10.6 Å². The first-order chi connectivity index (χ1) is 11.1. The van der Waals surface area contributed by atoms with Crippen molar-refractivity contribution in [1.29, 1.82) is 0 Å². The summed E-state index contributed by atoms with van der Waals surface area (Å²) in [6, 6.07) is 11.8. The fourth-order valence-corrected chi connectivity index (χ4v) is 3.62. The molecule has 0 radical (unpaired) electrons. The molecule has 4 nitrogen and oxygen atoms in total. The molecule has 0 saturated carbocycles. The van der Waals surface area contributed by atoms with Gasteiger partial charge in [-0.1, -0.05) is 29.8 Å². The van der Waals surface area contributed by atoms with E-state index in [0.29, 0.717) is 16.4 Å². The van der Waals surface area contributed by atoms with Gasteiger partial charge in [-0.2, -0.15) is 4.98 Å². The molecule has 3 aromatic rings. The highest BCUT2D eigenvalue weighted by Crippen LogP contribution is 2.38. The van der Waals surface area contributed by atoms with Gasteiger partial charge in [0.05, 0.1) is 15.9 Å². The number of fused-ring (bicyclic) bond motifs is 2. The van der Waals surface area contributed by atoms with Gasteiger partial charge < -0.3 is 9.88 Å². The Bertz CT molecular complexity index is 964. The summed E-state index contributed by atoms with van der Waals surface area (Å²) in [5.74, 6) is 0.640. The molecule has 0 amide bonds. The van der Waals surface area contributed by atoms with Crippen molar-refractivity contribution in [2.24, 2.45) is 0 Å². The molecule has 0 fully saturated rings. The topological polar surface area (TPSA) is 49.0 Å². The monoisotopic (exact) mass is 325 g/mol. The SMILES string of the molecule is Cc1cccc2c1CCCN2c1nc(=O)[nH]c2cccc(Cl)c12. The van der Waals surface area contributed by atoms with E-state index in [1.165, 1.54) is 11.1 Å². The number of rotatable bonds is 1. The summed E-state index contributed by atoms with van der Waals surface area (Å²) in [6.45, 7) is 2.95. The fraction of sp³-hybridized carbons (Fsp3) is 0.222. The standard InChI is InChI=1S/C18H16ClN3O/c1-11-5-2-9-15-12(11)6-4-10-22(15)17-16-13(19)7-3-8-14(16)20-18(23)21-17/h2-3,5,7-9H,4,6,10H2,1H3,(H,20,21,23). The second-order valence-electron chi connectivity index (χ2n) is 5.86. The smallest absolute Gasteiger partial charge is 0.325 e. The van der Waals surface area contributed by atoms with Crippen molar-refractivity contribution in [2.75, 3.05) is 11.4 Å². The van der Waals surface area contributed by atoms with Gasteiger partial charge in [0.15, 0.2) is 0 Å². The minimum Gasteiger partial charge on any atom is -0.325 e. The average Bonchev–Trinajstić information content (AvgIpc) is 2.54. The lowest BCUT2D eigenvalue weighted by Gasteiger charge is -2.32. The normalized spacial score (nSPS) is 14.1. The molecular formula is C18H16ClN3O. The maximum absolute atomic E-state index is 12.0. The third-order valence-corrected chi connectivity index (χ3v) is 4.74. The van der Waals surface area contributed by atoms with Gasteiger partial charge in [0.2, 0.25) is 0 Å². The zero-order chi connectivity index (χ0) is 16.0. The maximum Gasteiger partial charge on any atom is 0.347 e. The lowest BCUT2D eigenvalue weighted by molar-refractivity contribution is 0.755. The van der Waals surface area contributed by atoms with E-state index < -0.39 is 0 Å². The van der Waals surface area contributed by atoms with E-state index >= 15 is 0 Å². The van der Waals surface area contributed by atoms with Gasteiger partial charge in [0, 0.05) is 12.2 Å². The molecule has 116 valence electrons. The number of aryl methyl sites for hydroxylation is 1. The number of nitrogens with one attached hydrogen (secondary N) is 1. The van der Waals surface area contributed by atoms with Crippen molar-refractivity contribution < 1.29 is 0 Å². The second-order valence-corrected chi connectivity index (χ2v) is 6.26. The van der Waals surface area contributed by atoms with Crippen LogP contribution >= 0.6 is 11.6 Å². The second kappa shape index (κ2) is 5.39. The number of hydrogen-bond donors (Lipinski definition) is 1. The molecule has 1 aromatic heterocycles. The molecule has 0 unspecified atom stereocenters. The third-order valence-electron chi connectivity index (χ3n) is 4.43. The Kier molecular flexibility index (Phi) is 3.34. The molecule has 0 spiro atoms. The van der Waals surface area contributed by atoms with Crippen molar-refractivity contribution in [2.45, 2.75) is 19.8 Å². The predicted molar refractivity (Wildman–Crippen MR) is 93.9 cm³/mol. The Balaban J connectivity index is 2.02. The van der Waals surface area contributed by atoms with Crippen LogP contribution in [0.5, 0.6) is 0 Å².